The van der Waals surface area contributed by atoms with Crippen LogP contribution in [0, 0.1) is 11.3 Å². The third kappa shape index (κ3) is 4.94. The van der Waals surface area contributed by atoms with E-state index in [0.29, 0.717) is 11.3 Å². The van der Waals surface area contributed by atoms with E-state index >= 15 is 0 Å². The molecule has 1 aromatic carbocycles. The average molecular weight is 461 g/mol. The van der Waals surface area contributed by atoms with E-state index in [1.54, 1.807) is 6.08 Å². The van der Waals surface area contributed by atoms with Crippen LogP contribution in [0.5, 0.6) is 0 Å². The molecular weight excluding hydrogens is 420 g/mol. The summed E-state index contributed by atoms with van der Waals surface area (Å²) in [4.78, 5) is 23.1. The Balaban J connectivity index is 1.46. The van der Waals surface area contributed by atoms with Crippen LogP contribution in [0.2, 0.25) is 0 Å². The van der Waals surface area contributed by atoms with Gasteiger partial charge in [-0.2, -0.15) is 4.99 Å². The van der Waals surface area contributed by atoms with Gasteiger partial charge in [0.25, 0.3) is 5.91 Å². The zero-order valence-electron chi connectivity index (χ0n) is 20.9. The molecule has 2 heterocycles. The van der Waals surface area contributed by atoms with E-state index in [-0.39, 0.29) is 11.3 Å². The summed E-state index contributed by atoms with van der Waals surface area (Å²) in [5.74, 6) is 1.21. The molecule has 1 amide bonds. The number of allylic oxidation sites excluding steroid dienone is 2. The summed E-state index contributed by atoms with van der Waals surface area (Å²) < 4.78 is 0. The Labute approximate surface area is 204 Å². The molecule has 2 saturated heterocycles. The quantitative estimate of drug-likeness (QED) is 0.362. The predicted molar refractivity (Wildman–Crippen MR) is 140 cm³/mol. The summed E-state index contributed by atoms with van der Waals surface area (Å²) in [6, 6.07) is 6.51. The number of rotatable bonds is 5. The summed E-state index contributed by atoms with van der Waals surface area (Å²) in [5.41, 5.74) is 9.62. The lowest BCUT2D eigenvalue weighted by Gasteiger charge is -2.35. The smallest absolute Gasteiger partial charge is 0.281 e. The summed E-state index contributed by atoms with van der Waals surface area (Å²) >= 11 is 0. The minimum atomic E-state index is -0.135. The standard InChI is InChI=1S/C29H40N4O/c1-22-6-5-17-33(21-22)26(7-3-4-16-30)31-27(34)24-9-8-23(28(2)10-11-28)20-25(24)32-18-14-29(12-13-29)15-19-32/h3-4,7-9,16,20,22H,5-6,10-15,17-19,21,30H2,1-2H3/b7-3-,16-4+,31-26+. The van der Waals surface area contributed by atoms with E-state index in [1.165, 1.54) is 56.7 Å². The molecule has 4 fully saturated rings. The highest BCUT2D eigenvalue weighted by Gasteiger charge is 2.45. The number of piperidine rings is 2. The molecular formula is C29H40N4O. The van der Waals surface area contributed by atoms with E-state index in [1.807, 2.05) is 18.2 Å². The zero-order chi connectivity index (χ0) is 23.8. The largest absolute Gasteiger partial charge is 0.405 e. The first-order chi connectivity index (χ1) is 16.4. The van der Waals surface area contributed by atoms with Gasteiger partial charge in [-0.1, -0.05) is 26.0 Å². The highest BCUT2D eigenvalue weighted by atomic mass is 16.1. The van der Waals surface area contributed by atoms with Gasteiger partial charge in [0, 0.05) is 31.9 Å². The van der Waals surface area contributed by atoms with Crippen LogP contribution in [0.25, 0.3) is 0 Å². The van der Waals surface area contributed by atoms with Crippen molar-refractivity contribution in [1.82, 2.24) is 4.90 Å². The summed E-state index contributed by atoms with van der Waals surface area (Å²) in [7, 11) is 0. The van der Waals surface area contributed by atoms with Gasteiger partial charge in [-0.05, 0) is 104 Å². The van der Waals surface area contributed by atoms with Crippen molar-refractivity contribution >= 4 is 17.4 Å². The van der Waals surface area contributed by atoms with Gasteiger partial charge in [-0.15, -0.1) is 0 Å². The van der Waals surface area contributed by atoms with Gasteiger partial charge < -0.3 is 15.5 Å². The molecule has 0 radical (unpaired) electrons. The van der Waals surface area contributed by atoms with Crippen LogP contribution in [0.4, 0.5) is 5.69 Å². The van der Waals surface area contributed by atoms with Gasteiger partial charge in [0.15, 0.2) is 0 Å². The SMILES string of the molecule is CC1CCCN(C(/C=C\C=C\N)=N/C(=O)c2ccc(C3(C)CC3)cc2N2CCC3(CC2)CC3)C1. The average Bonchev–Trinajstić information content (AvgIpc) is 3.77. The van der Waals surface area contributed by atoms with Crippen molar-refractivity contribution in [3.63, 3.8) is 0 Å². The van der Waals surface area contributed by atoms with Crippen molar-refractivity contribution in [2.24, 2.45) is 22.1 Å². The fourth-order valence-electron chi connectivity index (χ4n) is 5.71. The van der Waals surface area contributed by atoms with Crippen LogP contribution in [0.1, 0.15) is 81.1 Å². The molecule has 1 unspecified atom stereocenters. The first kappa shape index (κ1) is 23.2. The highest BCUT2D eigenvalue weighted by Crippen LogP contribution is 2.54. The summed E-state index contributed by atoms with van der Waals surface area (Å²) in [6.07, 6.45) is 17.2. The Morgan fingerprint density at radius 1 is 1.09 bits per heavy atom. The Morgan fingerprint density at radius 2 is 1.85 bits per heavy atom. The molecule has 2 saturated carbocycles. The van der Waals surface area contributed by atoms with Crippen molar-refractivity contribution in [2.75, 3.05) is 31.1 Å². The van der Waals surface area contributed by atoms with Gasteiger partial charge >= 0.3 is 0 Å². The molecule has 1 spiro atoms. The van der Waals surface area contributed by atoms with Crippen LogP contribution >= 0.6 is 0 Å². The Bertz CT molecular complexity index is 1000. The normalized spacial score (nSPS) is 25.9. The number of hydrogen-bond acceptors (Lipinski definition) is 3. The Kier molecular flexibility index (Phi) is 6.30. The monoisotopic (exact) mass is 460 g/mol. The third-order valence-electron chi connectivity index (χ3n) is 8.71. The maximum Gasteiger partial charge on any atom is 0.281 e. The third-order valence-corrected chi connectivity index (χ3v) is 8.71. The van der Waals surface area contributed by atoms with E-state index in [9.17, 15) is 4.79 Å². The lowest BCUT2D eigenvalue weighted by atomic mass is 9.91. The molecule has 1 aromatic rings. The fourth-order valence-corrected chi connectivity index (χ4v) is 5.71. The van der Waals surface area contributed by atoms with Crippen molar-refractivity contribution in [1.29, 1.82) is 0 Å². The van der Waals surface area contributed by atoms with Gasteiger partial charge in [0.2, 0.25) is 0 Å². The minimum Gasteiger partial charge on any atom is -0.405 e. The van der Waals surface area contributed by atoms with E-state index in [0.717, 1.165) is 49.7 Å². The molecule has 1 atom stereocenters. The molecule has 2 aliphatic heterocycles. The van der Waals surface area contributed by atoms with Crippen LogP contribution < -0.4 is 10.6 Å². The van der Waals surface area contributed by atoms with Crippen molar-refractivity contribution in [3.8, 4) is 0 Å². The van der Waals surface area contributed by atoms with Crippen molar-refractivity contribution in [3.05, 3.63) is 53.8 Å². The number of hydrogen-bond donors (Lipinski definition) is 1. The molecule has 0 bridgehead atoms. The second kappa shape index (κ2) is 9.24. The summed E-state index contributed by atoms with van der Waals surface area (Å²) in [5, 5.41) is 0. The van der Waals surface area contributed by atoms with Crippen LogP contribution in [0.15, 0.2) is 47.6 Å². The number of nitrogens with zero attached hydrogens (tertiary/aromatic N) is 3. The second-order valence-corrected chi connectivity index (χ2v) is 11.5. The fraction of sp³-hybridized carbons (Fsp3) is 0.586. The highest BCUT2D eigenvalue weighted by molar-refractivity contribution is 6.09. The molecule has 5 nitrogen and oxygen atoms in total. The Hall–Kier alpha value is -2.56. The number of nitrogens with two attached hydrogens (primary N) is 1. The number of anilines is 1. The van der Waals surface area contributed by atoms with Crippen LogP contribution in [-0.4, -0.2) is 42.8 Å². The zero-order valence-corrected chi connectivity index (χ0v) is 20.9. The topological polar surface area (TPSA) is 61.9 Å². The number of likely N-dealkylation sites (tertiary alicyclic amines) is 1. The molecule has 5 heteroatoms. The number of carbonyl (C=O) groups excluding carboxylic acids is 1. The number of benzene rings is 1. The van der Waals surface area contributed by atoms with E-state index in [2.05, 4.69) is 35.8 Å². The van der Waals surface area contributed by atoms with Crippen LogP contribution in [0.3, 0.4) is 0 Å². The van der Waals surface area contributed by atoms with Gasteiger partial charge in [0.05, 0.1) is 5.56 Å². The number of amides is 1. The van der Waals surface area contributed by atoms with E-state index in [4.69, 9.17) is 10.7 Å². The molecule has 2 aliphatic carbocycles. The lowest BCUT2D eigenvalue weighted by molar-refractivity contribution is 0.100. The molecule has 2 N–H and O–H groups in total. The van der Waals surface area contributed by atoms with Crippen LogP contribution in [-0.2, 0) is 5.41 Å². The number of carbonyl (C=O) groups is 1. The maximum absolute atomic E-state index is 13.7. The van der Waals surface area contributed by atoms with Gasteiger partial charge in [-0.25, -0.2) is 0 Å². The first-order valence-corrected chi connectivity index (χ1v) is 13.2. The second-order valence-electron chi connectivity index (χ2n) is 11.5. The van der Waals surface area contributed by atoms with Crippen molar-refractivity contribution < 1.29 is 4.79 Å². The summed E-state index contributed by atoms with van der Waals surface area (Å²) in [6.45, 7) is 8.57. The van der Waals surface area contributed by atoms with Crippen molar-refractivity contribution in [2.45, 2.75) is 70.6 Å². The minimum absolute atomic E-state index is 0.135. The number of amidine groups is 1. The molecule has 182 valence electrons. The maximum atomic E-state index is 13.7. The molecule has 4 aliphatic rings. The first-order valence-electron chi connectivity index (χ1n) is 13.2. The van der Waals surface area contributed by atoms with Gasteiger partial charge in [0.1, 0.15) is 5.84 Å². The predicted octanol–water partition coefficient (Wildman–Crippen LogP) is 5.42. The molecule has 0 aromatic heterocycles. The Morgan fingerprint density at radius 3 is 2.50 bits per heavy atom. The molecule has 34 heavy (non-hydrogen) atoms. The van der Waals surface area contributed by atoms with Gasteiger partial charge in [-0.3, -0.25) is 4.79 Å². The van der Waals surface area contributed by atoms with E-state index < -0.39 is 0 Å². The lowest BCUT2D eigenvalue weighted by Crippen LogP contribution is -2.39. The molecule has 5 rings (SSSR count). The number of aliphatic imine (C=N–C) groups is 1.